The van der Waals surface area contributed by atoms with Crippen LogP contribution in [0.4, 0.5) is 11.5 Å². The van der Waals surface area contributed by atoms with Gasteiger partial charge in [0.15, 0.2) is 0 Å². The van der Waals surface area contributed by atoms with E-state index in [0.717, 1.165) is 0 Å². The van der Waals surface area contributed by atoms with Crippen LogP contribution in [0, 0.1) is 0 Å². The van der Waals surface area contributed by atoms with Crippen molar-refractivity contribution in [3.8, 4) is 5.88 Å². The third kappa shape index (κ3) is 6.25. The van der Waals surface area contributed by atoms with Crippen LogP contribution in [-0.2, 0) is 10.0 Å². The van der Waals surface area contributed by atoms with Gasteiger partial charge in [0.05, 0.1) is 11.4 Å². The van der Waals surface area contributed by atoms with Gasteiger partial charge in [-0.2, -0.15) is 4.98 Å². The Morgan fingerprint density at radius 2 is 2.00 bits per heavy atom. The zero-order valence-corrected chi connectivity index (χ0v) is 12.1. The molecule has 0 bridgehead atoms. The molecular formula is C11H20N4O3S. The van der Waals surface area contributed by atoms with Gasteiger partial charge in [0.1, 0.15) is 11.4 Å². The number of sulfonamides is 1. The number of rotatable bonds is 5. The predicted octanol–water partition coefficient (Wildman–Crippen LogP) is 0.542. The second kappa shape index (κ2) is 5.62. The summed E-state index contributed by atoms with van der Waals surface area (Å²) in [4.78, 5) is 4.18. The third-order valence-corrected chi connectivity index (χ3v) is 2.76. The molecule has 0 aliphatic rings. The highest BCUT2D eigenvalue weighted by Crippen LogP contribution is 2.24. The van der Waals surface area contributed by atoms with Crippen LogP contribution in [0.15, 0.2) is 12.1 Å². The second-order valence-corrected chi connectivity index (χ2v) is 6.83. The molecule has 7 nitrogen and oxygen atoms in total. The van der Waals surface area contributed by atoms with Crippen molar-refractivity contribution in [2.45, 2.75) is 26.4 Å². The van der Waals surface area contributed by atoms with Crippen LogP contribution in [0.3, 0.4) is 0 Å². The zero-order valence-electron chi connectivity index (χ0n) is 11.3. The Labute approximate surface area is 113 Å². The fraction of sp³-hybridized carbons (Fsp3) is 0.545. The van der Waals surface area contributed by atoms with E-state index in [0.29, 0.717) is 17.4 Å². The lowest BCUT2D eigenvalue weighted by atomic mass is 10.2. The van der Waals surface area contributed by atoms with E-state index in [2.05, 4.69) is 10.3 Å². The van der Waals surface area contributed by atoms with Crippen molar-refractivity contribution in [2.24, 2.45) is 5.14 Å². The molecule has 1 aromatic heterocycles. The number of hydrogen-bond acceptors (Lipinski definition) is 6. The first-order valence-corrected chi connectivity index (χ1v) is 7.48. The van der Waals surface area contributed by atoms with Gasteiger partial charge in [-0.3, -0.25) is 0 Å². The molecule has 0 amide bonds. The van der Waals surface area contributed by atoms with Crippen molar-refractivity contribution in [3.63, 3.8) is 0 Å². The summed E-state index contributed by atoms with van der Waals surface area (Å²) in [6.07, 6.45) is 0. The Balaban J connectivity index is 2.73. The molecule has 1 heterocycles. The minimum absolute atomic E-state index is 0.171. The van der Waals surface area contributed by atoms with Gasteiger partial charge in [0.25, 0.3) is 0 Å². The molecule has 0 radical (unpaired) electrons. The topological polar surface area (TPSA) is 120 Å². The number of aromatic nitrogens is 1. The molecule has 0 unspecified atom stereocenters. The van der Waals surface area contributed by atoms with Gasteiger partial charge >= 0.3 is 0 Å². The van der Waals surface area contributed by atoms with E-state index >= 15 is 0 Å². The van der Waals surface area contributed by atoms with Gasteiger partial charge in [-0.15, -0.1) is 0 Å². The van der Waals surface area contributed by atoms with Crippen LogP contribution in [0.2, 0.25) is 0 Å². The van der Waals surface area contributed by atoms with E-state index in [1.165, 1.54) is 0 Å². The SMILES string of the molecule is CC(C)(C)Oc1nc(NCCS(N)(=O)=O)ccc1N. The second-order valence-electron chi connectivity index (χ2n) is 5.10. The fourth-order valence-corrected chi connectivity index (χ4v) is 1.63. The lowest BCUT2D eigenvalue weighted by molar-refractivity contribution is 0.125. The Bertz CT molecular complexity index is 537. The minimum Gasteiger partial charge on any atom is -0.470 e. The van der Waals surface area contributed by atoms with Crippen molar-refractivity contribution in [1.29, 1.82) is 0 Å². The highest BCUT2D eigenvalue weighted by atomic mass is 32.2. The molecule has 0 saturated heterocycles. The first kappa shape index (κ1) is 15.5. The van der Waals surface area contributed by atoms with Gasteiger partial charge in [-0.1, -0.05) is 0 Å². The highest BCUT2D eigenvalue weighted by molar-refractivity contribution is 7.89. The molecule has 19 heavy (non-hydrogen) atoms. The Morgan fingerprint density at radius 3 is 2.53 bits per heavy atom. The molecule has 0 aromatic carbocycles. The molecule has 5 N–H and O–H groups in total. The van der Waals surface area contributed by atoms with Gasteiger partial charge in [-0.25, -0.2) is 13.6 Å². The van der Waals surface area contributed by atoms with Crippen LogP contribution in [0.5, 0.6) is 5.88 Å². The summed E-state index contributed by atoms with van der Waals surface area (Å²) in [5, 5.41) is 7.75. The Morgan fingerprint density at radius 1 is 1.37 bits per heavy atom. The molecule has 0 aliphatic heterocycles. The number of nitrogens with one attached hydrogen (secondary N) is 1. The monoisotopic (exact) mass is 288 g/mol. The van der Waals surface area contributed by atoms with Crippen molar-refractivity contribution in [3.05, 3.63) is 12.1 Å². The zero-order chi connectivity index (χ0) is 14.7. The van der Waals surface area contributed by atoms with E-state index in [-0.39, 0.29) is 12.3 Å². The number of nitrogen functional groups attached to an aromatic ring is 1. The number of ether oxygens (including phenoxy) is 1. The summed E-state index contributed by atoms with van der Waals surface area (Å²) in [7, 11) is -3.49. The van der Waals surface area contributed by atoms with Crippen molar-refractivity contribution < 1.29 is 13.2 Å². The normalized spacial score (nSPS) is 12.2. The number of pyridine rings is 1. The number of primary sulfonamides is 1. The van der Waals surface area contributed by atoms with E-state index in [9.17, 15) is 8.42 Å². The lowest BCUT2D eigenvalue weighted by Crippen LogP contribution is -2.25. The standard InChI is InChI=1S/C11H20N4O3S/c1-11(2,3)18-10-8(12)4-5-9(15-10)14-6-7-19(13,16)17/h4-5H,6-7,12H2,1-3H3,(H,14,15)(H2,13,16,17). The Hall–Kier alpha value is -1.54. The molecular weight excluding hydrogens is 268 g/mol. The molecule has 0 fully saturated rings. The van der Waals surface area contributed by atoms with Gasteiger partial charge < -0.3 is 15.8 Å². The van der Waals surface area contributed by atoms with Crippen molar-refractivity contribution in [1.82, 2.24) is 4.98 Å². The minimum atomic E-state index is -3.49. The fourth-order valence-electron chi connectivity index (χ4n) is 1.24. The number of nitrogens with two attached hydrogens (primary N) is 2. The van der Waals surface area contributed by atoms with E-state index in [4.69, 9.17) is 15.6 Å². The van der Waals surface area contributed by atoms with E-state index in [1.807, 2.05) is 20.8 Å². The summed E-state index contributed by atoms with van der Waals surface area (Å²) in [6, 6.07) is 3.29. The van der Waals surface area contributed by atoms with Gasteiger partial charge in [0.2, 0.25) is 15.9 Å². The van der Waals surface area contributed by atoms with Gasteiger partial charge in [0, 0.05) is 6.54 Å². The highest BCUT2D eigenvalue weighted by Gasteiger charge is 2.15. The predicted molar refractivity (Wildman–Crippen MR) is 75.5 cm³/mol. The maximum Gasteiger partial charge on any atom is 0.239 e. The third-order valence-electron chi connectivity index (χ3n) is 1.99. The molecule has 8 heteroatoms. The number of hydrogen-bond donors (Lipinski definition) is 3. The maximum atomic E-state index is 10.8. The summed E-state index contributed by atoms with van der Waals surface area (Å²) in [6.45, 7) is 5.82. The molecule has 0 aliphatic carbocycles. The van der Waals surface area contributed by atoms with Crippen molar-refractivity contribution in [2.75, 3.05) is 23.3 Å². The maximum absolute atomic E-state index is 10.8. The molecule has 108 valence electrons. The van der Waals surface area contributed by atoms with Crippen LogP contribution in [0.25, 0.3) is 0 Å². The lowest BCUT2D eigenvalue weighted by Gasteiger charge is -2.21. The van der Waals surface area contributed by atoms with Crippen LogP contribution in [0.1, 0.15) is 20.8 Å². The molecule has 1 rings (SSSR count). The summed E-state index contributed by atoms with van der Waals surface area (Å²) < 4.78 is 27.2. The van der Waals surface area contributed by atoms with Crippen LogP contribution < -0.4 is 20.9 Å². The average Bonchev–Trinajstić information content (AvgIpc) is 2.19. The summed E-state index contributed by atoms with van der Waals surface area (Å²) >= 11 is 0. The molecule has 0 saturated carbocycles. The average molecular weight is 288 g/mol. The quantitative estimate of drug-likeness (QED) is 0.727. The van der Waals surface area contributed by atoms with Crippen LogP contribution in [-0.4, -0.2) is 31.3 Å². The summed E-state index contributed by atoms with van der Waals surface area (Å²) in [5.41, 5.74) is 5.77. The molecule has 0 spiro atoms. The largest absolute Gasteiger partial charge is 0.470 e. The summed E-state index contributed by atoms with van der Waals surface area (Å²) in [5.74, 6) is 0.624. The van der Waals surface area contributed by atoms with E-state index in [1.54, 1.807) is 12.1 Å². The van der Waals surface area contributed by atoms with Gasteiger partial charge in [-0.05, 0) is 32.9 Å². The number of nitrogens with zero attached hydrogens (tertiary/aromatic N) is 1. The van der Waals surface area contributed by atoms with Crippen LogP contribution >= 0.6 is 0 Å². The smallest absolute Gasteiger partial charge is 0.239 e. The van der Waals surface area contributed by atoms with E-state index < -0.39 is 15.6 Å². The first-order valence-electron chi connectivity index (χ1n) is 5.77. The molecule has 1 aromatic rings. The van der Waals surface area contributed by atoms with Crippen molar-refractivity contribution >= 4 is 21.5 Å². The Kier molecular flexibility index (Phi) is 4.59. The number of anilines is 2. The molecule has 0 atom stereocenters. The first-order chi connectivity index (χ1) is 8.57.